The summed E-state index contributed by atoms with van der Waals surface area (Å²) in [4.78, 5) is 19.1. The minimum Gasteiger partial charge on any atom is -0.325 e. The van der Waals surface area contributed by atoms with Crippen molar-refractivity contribution in [2.24, 2.45) is 0 Å². The van der Waals surface area contributed by atoms with Crippen LogP contribution in [-0.4, -0.2) is 61.7 Å². The monoisotopic (exact) mass is 461 g/mol. The lowest BCUT2D eigenvalue weighted by molar-refractivity contribution is -0.116. The largest absolute Gasteiger partial charge is 0.325 e. The fraction of sp³-hybridized carbons (Fsp3) is 0.381. The molecule has 3 heterocycles. The van der Waals surface area contributed by atoms with Crippen molar-refractivity contribution in [1.82, 2.24) is 14.2 Å². The molecule has 10 heteroatoms. The van der Waals surface area contributed by atoms with Crippen molar-refractivity contribution >= 4 is 34.0 Å². The number of rotatable bonds is 6. The van der Waals surface area contributed by atoms with Crippen LogP contribution in [0.15, 0.2) is 41.4 Å². The minimum absolute atomic E-state index is 0. The summed E-state index contributed by atoms with van der Waals surface area (Å²) in [6.07, 6.45) is 3.63. The molecule has 1 aromatic carbocycles. The number of nitriles is 1. The average molecular weight is 462 g/mol. The van der Waals surface area contributed by atoms with Gasteiger partial charge in [0.1, 0.15) is 10.8 Å². The van der Waals surface area contributed by atoms with Gasteiger partial charge in [-0.15, -0.1) is 12.4 Å². The molecule has 164 valence electrons. The standard InChI is InChI=1S/C21H23N5O3S.ClH/c1-25(10-11-26-8-2-3-9-26)30(28,29)16-5-7-19(23-14-16)20-17-12-15(13-22)4-6-18(17)24-21(20)27;/h4-7,12,14,20H,2-3,8-11H2,1H3,(H,24,27);1H. The van der Waals surface area contributed by atoms with Crippen LogP contribution in [0.4, 0.5) is 5.69 Å². The first-order valence-corrected chi connectivity index (χ1v) is 11.3. The van der Waals surface area contributed by atoms with Gasteiger partial charge in [-0.25, -0.2) is 8.42 Å². The van der Waals surface area contributed by atoms with Gasteiger partial charge in [-0.2, -0.15) is 9.57 Å². The van der Waals surface area contributed by atoms with Crippen molar-refractivity contribution in [2.45, 2.75) is 23.7 Å². The summed E-state index contributed by atoms with van der Waals surface area (Å²) in [6.45, 7) is 3.16. The van der Waals surface area contributed by atoms with E-state index in [0.717, 1.165) is 25.9 Å². The van der Waals surface area contributed by atoms with Gasteiger partial charge in [0.2, 0.25) is 15.9 Å². The Morgan fingerprint density at radius 1 is 1.26 bits per heavy atom. The van der Waals surface area contributed by atoms with Crippen LogP contribution < -0.4 is 5.32 Å². The number of aromatic nitrogens is 1. The van der Waals surface area contributed by atoms with Crippen LogP contribution in [0.3, 0.4) is 0 Å². The summed E-state index contributed by atoms with van der Waals surface area (Å²) in [5.74, 6) is -0.913. The first-order chi connectivity index (χ1) is 14.4. The van der Waals surface area contributed by atoms with Crippen LogP contribution in [0, 0.1) is 11.3 Å². The van der Waals surface area contributed by atoms with Crippen LogP contribution in [0.5, 0.6) is 0 Å². The Labute approximate surface area is 188 Å². The first kappa shape index (κ1) is 23.2. The second kappa shape index (κ2) is 9.32. The third-order valence-corrected chi connectivity index (χ3v) is 7.55. The summed E-state index contributed by atoms with van der Waals surface area (Å²) in [7, 11) is -2.08. The van der Waals surface area contributed by atoms with E-state index in [1.54, 1.807) is 31.3 Å². The maximum atomic E-state index is 12.9. The molecular formula is C21H24ClN5O3S. The Hall–Kier alpha value is -2.51. The van der Waals surface area contributed by atoms with Gasteiger partial charge >= 0.3 is 0 Å². The number of likely N-dealkylation sites (N-methyl/N-ethyl adjacent to an activating group) is 1. The van der Waals surface area contributed by atoms with Crippen LogP contribution >= 0.6 is 12.4 Å². The van der Waals surface area contributed by atoms with E-state index in [-0.39, 0.29) is 23.2 Å². The first-order valence-electron chi connectivity index (χ1n) is 9.90. The van der Waals surface area contributed by atoms with Crippen LogP contribution in [-0.2, 0) is 14.8 Å². The zero-order valence-electron chi connectivity index (χ0n) is 17.1. The number of hydrogen-bond donors (Lipinski definition) is 1. The lowest BCUT2D eigenvalue weighted by Gasteiger charge is -2.21. The molecule has 31 heavy (non-hydrogen) atoms. The highest BCUT2D eigenvalue weighted by Crippen LogP contribution is 2.37. The molecule has 1 amide bonds. The fourth-order valence-electron chi connectivity index (χ4n) is 3.93. The molecule has 1 fully saturated rings. The summed E-state index contributed by atoms with van der Waals surface area (Å²) in [6, 6.07) is 10.1. The van der Waals surface area contributed by atoms with Gasteiger partial charge in [-0.3, -0.25) is 9.78 Å². The molecule has 2 aromatic rings. The predicted molar refractivity (Wildman–Crippen MR) is 119 cm³/mol. The zero-order valence-corrected chi connectivity index (χ0v) is 18.7. The Kier molecular flexibility index (Phi) is 6.96. The number of sulfonamides is 1. The second-order valence-corrected chi connectivity index (χ2v) is 9.68. The highest BCUT2D eigenvalue weighted by molar-refractivity contribution is 7.89. The Balaban J connectivity index is 0.00000272. The van der Waals surface area contributed by atoms with Crippen LogP contribution in [0.1, 0.15) is 35.6 Å². The quantitative estimate of drug-likeness (QED) is 0.706. The number of hydrogen-bond acceptors (Lipinski definition) is 6. The smallest absolute Gasteiger partial charge is 0.244 e. The van der Waals surface area contributed by atoms with E-state index in [9.17, 15) is 13.2 Å². The number of nitrogens with one attached hydrogen (secondary N) is 1. The van der Waals surface area contributed by atoms with Gasteiger partial charge in [0.25, 0.3) is 0 Å². The van der Waals surface area contributed by atoms with Gasteiger partial charge in [0, 0.05) is 32.0 Å². The lowest BCUT2D eigenvalue weighted by Crippen LogP contribution is -2.35. The average Bonchev–Trinajstić information content (AvgIpc) is 3.38. The number of halogens is 1. The van der Waals surface area contributed by atoms with Crippen LogP contribution in [0.2, 0.25) is 0 Å². The highest BCUT2D eigenvalue weighted by atomic mass is 35.5. The SMILES string of the molecule is CN(CCN1CCCC1)S(=O)(=O)c1ccc(C2C(=O)Nc3ccc(C#N)cc32)nc1.Cl. The van der Waals surface area contributed by atoms with E-state index >= 15 is 0 Å². The second-order valence-electron chi connectivity index (χ2n) is 7.63. The molecular weight excluding hydrogens is 438 g/mol. The van der Waals surface area contributed by atoms with Crippen molar-refractivity contribution in [3.8, 4) is 6.07 Å². The van der Waals surface area contributed by atoms with Crippen molar-refractivity contribution in [2.75, 3.05) is 38.5 Å². The number of amides is 1. The van der Waals surface area contributed by atoms with Gasteiger partial charge in [0.15, 0.2) is 0 Å². The third-order valence-electron chi connectivity index (χ3n) is 5.70. The normalized spacial score (nSPS) is 18.4. The molecule has 2 aliphatic rings. The van der Waals surface area contributed by atoms with Crippen molar-refractivity contribution < 1.29 is 13.2 Å². The van der Waals surface area contributed by atoms with Gasteiger partial charge in [-0.05, 0) is 61.8 Å². The molecule has 2 aliphatic heterocycles. The van der Waals surface area contributed by atoms with E-state index < -0.39 is 15.9 Å². The molecule has 0 aliphatic carbocycles. The number of anilines is 1. The molecule has 1 saturated heterocycles. The molecule has 1 unspecified atom stereocenters. The van der Waals surface area contributed by atoms with Crippen molar-refractivity contribution in [1.29, 1.82) is 5.26 Å². The zero-order chi connectivity index (χ0) is 21.3. The molecule has 1 N–H and O–H groups in total. The summed E-state index contributed by atoms with van der Waals surface area (Å²) < 4.78 is 27.1. The number of fused-ring (bicyclic) bond motifs is 1. The van der Waals surface area contributed by atoms with E-state index in [4.69, 9.17) is 5.26 Å². The van der Waals surface area contributed by atoms with E-state index in [1.807, 2.05) is 0 Å². The Morgan fingerprint density at radius 3 is 2.65 bits per heavy atom. The lowest BCUT2D eigenvalue weighted by atomic mass is 9.95. The van der Waals surface area contributed by atoms with Crippen molar-refractivity contribution in [3.63, 3.8) is 0 Å². The molecule has 0 bridgehead atoms. The maximum absolute atomic E-state index is 12.9. The van der Waals surface area contributed by atoms with E-state index in [2.05, 4.69) is 21.3 Å². The number of carbonyl (C=O) groups is 1. The molecule has 0 radical (unpaired) electrons. The highest BCUT2D eigenvalue weighted by Gasteiger charge is 2.33. The predicted octanol–water partition coefficient (Wildman–Crippen LogP) is 2.18. The number of pyridine rings is 1. The van der Waals surface area contributed by atoms with Crippen molar-refractivity contribution in [3.05, 3.63) is 53.3 Å². The molecule has 0 saturated carbocycles. The molecule has 1 aromatic heterocycles. The maximum Gasteiger partial charge on any atom is 0.244 e. The molecule has 0 spiro atoms. The Morgan fingerprint density at radius 2 is 2.00 bits per heavy atom. The van der Waals surface area contributed by atoms with Gasteiger partial charge in [0.05, 0.1) is 17.3 Å². The van der Waals surface area contributed by atoms with Crippen LogP contribution in [0.25, 0.3) is 0 Å². The third kappa shape index (κ3) is 4.57. The van der Waals surface area contributed by atoms with E-state index in [0.29, 0.717) is 35.6 Å². The van der Waals surface area contributed by atoms with E-state index in [1.165, 1.54) is 16.6 Å². The van der Waals surface area contributed by atoms with Gasteiger partial charge in [-0.1, -0.05) is 0 Å². The summed E-state index contributed by atoms with van der Waals surface area (Å²) >= 11 is 0. The number of nitrogens with zero attached hydrogens (tertiary/aromatic N) is 4. The molecule has 1 atom stereocenters. The minimum atomic E-state index is -3.66. The topological polar surface area (TPSA) is 106 Å². The number of carbonyl (C=O) groups excluding carboxylic acids is 1. The number of benzene rings is 1. The number of likely N-dealkylation sites (tertiary alicyclic amines) is 1. The molecule has 8 nitrogen and oxygen atoms in total. The Bertz CT molecular complexity index is 1110. The summed E-state index contributed by atoms with van der Waals surface area (Å²) in [5.41, 5.74) is 2.21. The fourth-order valence-corrected chi connectivity index (χ4v) is 5.04. The summed E-state index contributed by atoms with van der Waals surface area (Å²) in [5, 5.41) is 11.9. The van der Waals surface area contributed by atoms with Gasteiger partial charge < -0.3 is 10.2 Å². The molecule has 4 rings (SSSR count).